The lowest BCUT2D eigenvalue weighted by atomic mass is 10.0. The highest BCUT2D eigenvalue weighted by atomic mass is 32.2. The fourth-order valence-electron chi connectivity index (χ4n) is 2.24. The van der Waals surface area contributed by atoms with Gasteiger partial charge in [-0.05, 0) is 25.3 Å². The Morgan fingerprint density at radius 3 is 2.55 bits per heavy atom. The minimum Gasteiger partial charge on any atom is -0.497 e. The molecule has 1 heterocycles. The number of hydrogen-bond donors (Lipinski definition) is 0. The number of nitriles is 1. The summed E-state index contributed by atoms with van der Waals surface area (Å²) >= 11 is 1.33. The average Bonchev–Trinajstić information content (AvgIpc) is 2.53. The lowest BCUT2D eigenvalue weighted by Gasteiger charge is -2.15. The van der Waals surface area contributed by atoms with E-state index in [9.17, 15) is 10.1 Å². The standard InChI is InChI=1S/C16H15NO4S/c1-9-14(15(22-4)12(8-17)16(18)21-9)11-6-5-10(19-2)7-13(11)20-3/h5-7H,1-4H3. The second-order valence-corrected chi connectivity index (χ2v) is 5.22. The van der Waals surface area contributed by atoms with Crippen molar-refractivity contribution in [2.24, 2.45) is 0 Å². The van der Waals surface area contributed by atoms with E-state index in [1.54, 1.807) is 33.3 Å². The Balaban J connectivity index is 2.83. The number of ether oxygens (including phenoxy) is 2. The van der Waals surface area contributed by atoms with E-state index < -0.39 is 5.63 Å². The first-order chi connectivity index (χ1) is 10.6. The summed E-state index contributed by atoms with van der Waals surface area (Å²) in [5.74, 6) is 1.68. The highest BCUT2D eigenvalue weighted by Crippen LogP contribution is 2.40. The van der Waals surface area contributed by atoms with Crippen LogP contribution >= 0.6 is 11.8 Å². The first-order valence-corrected chi connectivity index (χ1v) is 7.64. The van der Waals surface area contributed by atoms with Crippen LogP contribution in [0, 0.1) is 18.3 Å². The van der Waals surface area contributed by atoms with E-state index in [1.807, 2.05) is 18.4 Å². The Bertz CT molecular complexity index is 805. The van der Waals surface area contributed by atoms with Crippen molar-refractivity contribution in [1.29, 1.82) is 5.26 Å². The maximum Gasteiger partial charge on any atom is 0.355 e. The summed E-state index contributed by atoms with van der Waals surface area (Å²) < 4.78 is 15.8. The number of thioether (sulfide) groups is 1. The molecule has 0 radical (unpaired) electrons. The molecule has 6 heteroatoms. The van der Waals surface area contributed by atoms with Crippen LogP contribution in [0.2, 0.25) is 0 Å². The van der Waals surface area contributed by atoms with Gasteiger partial charge in [-0.15, -0.1) is 11.8 Å². The predicted octanol–water partition coefficient (Wildman–Crippen LogP) is 3.23. The fourth-order valence-corrected chi connectivity index (χ4v) is 3.03. The SMILES string of the molecule is COc1ccc(-c2c(C)oc(=O)c(C#N)c2SC)c(OC)c1. The first kappa shape index (κ1) is 16.0. The van der Waals surface area contributed by atoms with Crippen LogP contribution < -0.4 is 15.1 Å². The summed E-state index contributed by atoms with van der Waals surface area (Å²) in [6.07, 6.45) is 1.81. The van der Waals surface area contributed by atoms with Gasteiger partial charge < -0.3 is 13.9 Å². The molecule has 2 aromatic rings. The van der Waals surface area contributed by atoms with Gasteiger partial charge in [0.2, 0.25) is 0 Å². The third kappa shape index (κ3) is 2.68. The van der Waals surface area contributed by atoms with Gasteiger partial charge in [-0.25, -0.2) is 4.79 Å². The second kappa shape index (κ2) is 6.58. The van der Waals surface area contributed by atoms with E-state index in [0.29, 0.717) is 27.7 Å². The first-order valence-electron chi connectivity index (χ1n) is 6.41. The van der Waals surface area contributed by atoms with Crippen LogP contribution in [0.25, 0.3) is 11.1 Å². The molecule has 1 aromatic carbocycles. The van der Waals surface area contributed by atoms with Crippen molar-refractivity contribution in [1.82, 2.24) is 0 Å². The molecule has 0 unspecified atom stereocenters. The van der Waals surface area contributed by atoms with Crippen LogP contribution in [0.15, 0.2) is 32.3 Å². The van der Waals surface area contributed by atoms with Crippen LogP contribution in [0.3, 0.4) is 0 Å². The molecule has 0 spiro atoms. The van der Waals surface area contributed by atoms with Crippen LogP contribution in [-0.2, 0) is 0 Å². The van der Waals surface area contributed by atoms with Crippen LogP contribution in [0.5, 0.6) is 11.5 Å². The van der Waals surface area contributed by atoms with E-state index in [-0.39, 0.29) is 5.56 Å². The molecule has 114 valence electrons. The molecule has 0 aliphatic heterocycles. The zero-order valence-corrected chi connectivity index (χ0v) is 13.5. The predicted molar refractivity (Wildman–Crippen MR) is 84.8 cm³/mol. The third-order valence-electron chi connectivity index (χ3n) is 3.25. The minimum atomic E-state index is -0.624. The Morgan fingerprint density at radius 2 is 2.00 bits per heavy atom. The van der Waals surface area contributed by atoms with Gasteiger partial charge in [-0.1, -0.05) is 0 Å². The number of nitrogens with zero attached hydrogens (tertiary/aromatic N) is 1. The molecule has 0 fully saturated rings. The van der Waals surface area contributed by atoms with Crippen LogP contribution in [0.1, 0.15) is 11.3 Å². The van der Waals surface area contributed by atoms with Gasteiger partial charge in [-0.2, -0.15) is 5.26 Å². The Morgan fingerprint density at radius 1 is 1.27 bits per heavy atom. The Hall–Kier alpha value is -2.39. The molecule has 0 aliphatic carbocycles. The maximum atomic E-state index is 11.8. The van der Waals surface area contributed by atoms with Crippen molar-refractivity contribution >= 4 is 11.8 Å². The van der Waals surface area contributed by atoms with Gasteiger partial charge in [0.05, 0.1) is 14.2 Å². The Kier molecular flexibility index (Phi) is 4.78. The minimum absolute atomic E-state index is 0.00553. The van der Waals surface area contributed by atoms with Crippen LogP contribution in [-0.4, -0.2) is 20.5 Å². The maximum absolute atomic E-state index is 11.8. The smallest absolute Gasteiger partial charge is 0.355 e. The molecule has 2 rings (SSSR count). The van der Waals surface area contributed by atoms with Crippen LogP contribution in [0.4, 0.5) is 0 Å². The molecule has 0 aliphatic rings. The molecular weight excluding hydrogens is 302 g/mol. The van der Waals surface area contributed by atoms with Crippen molar-refractivity contribution in [3.63, 3.8) is 0 Å². The van der Waals surface area contributed by atoms with Gasteiger partial charge in [0.15, 0.2) is 5.56 Å². The largest absolute Gasteiger partial charge is 0.497 e. The molecule has 0 amide bonds. The van der Waals surface area contributed by atoms with E-state index in [4.69, 9.17) is 13.9 Å². The number of benzene rings is 1. The van der Waals surface area contributed by atoms with Crippen molar-refractivity contribution in [2.75, 3.05) is 20.5 Å². The molecule has 22 heavy (non-hydrogen) atoms. The zero-order valence-electron chi connectivity index (χ0n) is 12.7. The average molecular weight is 317 g/mol. The van der Waals surface area contributed by atoms with Gasteiger partial charge in [0.25, 0.3) is 0 Å². The second-order valence-electron chi connectivity index (χ2n) is 4.41. The highest BCUT2D eigenvalue weighted by Gasteiger charge is 2.21. The molecule has 0 bridgehead atoms. The molecule has 0 N–H and O–H groups in total. The van der Waals surface area contributed by atoms with Gasteiger partial charge in [0, 0.05) is 22.1 Å². The monoisotopic (exact) mass is 317 g/mol. The highest BCUT2D eigenvalue weighted by molar-refractivity contribution is 7.98. The lowest BCUT2D eigenvalue weighted by Crippen LogP contribution is -2.09. The Labute approximate surface area is 132 Å². The summed E-state index contributed by atoms with van der Waals surface area (Å²) in [6.45, 7) is 1.70. The zero-order chi connectivity index (χ0) is 16.3. The third-order valence-corrected chi connectivity index (χ3v) is 4.07. The number of methoxy groups -OCH3 is 2. The van der Waals surface area contributed by atoms with Gasteiger partial charge >= 0.3 is 5.63 Å². The summed E-state index contributed by atoms with van der Waals surface area (Å²) in [4.78, 5) is 12.4. The van der Waals surface area contributed by atoms with Crippen molar-refractivity contribution in [3.8, 4) is 28.7 Å². The molecule has 0 saturated carbocycles. The number of aryl methyl sites for hydroxylation is 1. The van der Waals surface area contributed by atoms with E-state index in [1.165, 1.54) is 11.8 Å². The molecule has 5 nitrogen and oxygen atoms in total. The number of rotatable bonds is 4. The fraction of sp³-hybridized carbons (Fsp3) is 0.250. The van der Waals surface area contributed by atoms with E-state index in [2.05, 4.69) is 0 Å². The molecule has 0 atom stereocenters. The molecular formula is C16H15NO4S. The van der Waals surface area contributed by atoms with Crippen molar-refractivity contribution in [2.45, 2.75) is 11.8 Å². The van der Waals surface area contributed by atoms with Crippen molar-refractivity contribution in [3.05, 3.63) is 39.9 Å². The molecule has 0 saturated heterocycles. The number of hydrogen-bond acceptors (Lipinski definition) is 6. The summed E-state index contributed by atoms with van der Waals surface area (Å²) in [5.41, 5.74) is 0.806. The quantitative estimate of drug-likeness (QED) is 0.806. The lowest BCUT2D eigenvalue weighted by molar-refractivity contribution is 0.395. The molecule has 1 aromatic heterocycles. The van der Waals surface area contributed by atoms with E-state index in [0.717, 1.165) is 5.56 Å². The normalized spacial score (nSPS) is 10.1. The summed E-state index contributed by atoms with van der Waals surface area (Å²) in [5, 5.41) is 9.23. The summed E-state index contributed by atoms with van der Waals surface area (Å²) in [6, 6.07) is 7.28. The topological polar surface area (TPSA) is 72.5 Å². The van der Waals surface area contributed by atoms with E-state index >= 15 is 0 Å². The van der Waals surface area contributed by atoms with Gasteiger partial charge in [0.1, 0.15) is 23.3 Å². The van der Waals surface area contributed by atoms with Crippen molar-refractivity contribution < 1.29 is 13.9 Å². The van der Waals surface area contributed by atoms with Gasteiger partial charge in [-0.3, -0.25) is 0 Å². The summed E-state index contributed by atoms with van der Waals surface area (Å²) in [7, 11) is 3.12.